The highest BCUT2D eigenvalue weighted by molar-refractivity contribution is 5.82. The standard InChI is InChI=1S/C32H38FN5O3/c1-8-23-17-38(18-25-27(41-23)13-14-34-30(25)33)16-22-15-21(10-9-19(22)2)28(32(4,5)31(39)40-7)24-11-12-26-29(20(24)3)35-36-37(26)6/h9-15,23,28H,8,16-18H2,1-7H3. The summed E-state index contributed by atoms with van der Waals surface area (Å²) >= 11 is 0. The Morgan fingerprint density at radius 3 is 2.73 bits per heavy atom. The first kappa shape index (κ1) is 28.7. The van der Waals surface area contributed by atoms with E-state index in [2.05, 4.69) is 58.3 Å². The van der Waals surface area contributed by atoms with E-state index in [1.807, 2.05) is 33.9 Å². The summed E-state index contributed by atoms with van der Waals surface area (Å²) in [6, 6.07) is 12.2. The number of esters is 1. The quantitative estimate of drug-likeness (QED) is 0.215. The molecule has 5 rings (SSSR count). The summed E-state index contributed by atoms with van der Waals surface area (Å²) in [7, 11) is 3.30. The first-order valence-electron chi connectivity index (χ1n) is 14.0. The predicted molar refractivity (Wildman–Crippen MR) is 155 cm³/mol. The predicted octanol–water partition coefficient (Wildman–Crippen LogP) is 5.62. The molecule has 2 unspecified atom stereocenters. The summed E-state index contributed by atoms with van der Waals surface area (Å²) in [6.07, 6.45) is 2.19. The van der Waals surface area contributed by atoms with E-state index >= 15 is 0 Å². The van der Waals surface area contributed by atoms with E-state index in [1.54, 1.807) is 10.7 Å². The molecule has 0 radical (unpaired) electrons. The van der Waals surface area contributed by atoms with Crippen molar-refractivity contribution in [3.8, 4) is 5.75 Å². The number of benzene rings is 2. The van der Waals surface area contributed by atoms with Crippen molar-refractivity contribution in [2.75, 3.05) is 13.7 Å². The van der Waals surface area contributed by atoms with Crippen LogP contribution in [0.1, 0.15) is 66.5 Å². The maximum Gasteiger partial charge on any atom is 0.312 e. The molecule has 0 bridgehead atoms. The van der Waals surface area contributed by atoms with Crippen molar-refractivity contribution in [1.82, 2.24) is 24.9 Å². The van der Waals surface area contributed by atoms with Gasteiger partial charge in [-0.2, -0.15) is 4.39 Å². The van der Waals surface area contributed by atoms with Crippen LogP contribution < -0.4 is 4.74 Å². The van der Waals surface area contributed by atoms with Gasteiger partial charge in [0.1, 0.15) is 17.4 Å². The molecule has 0 saturated heterocycles. The molecule has 0 saturated carbocycles. The van der Waals surface area contributed by atoms with Gasteiger partial charge >= 0.3 is 5.97 Å². The molecule has 3 heterocycles. The number of aromatic nitrogens is 4. The lowest BCUT2D eigenvalue weighted by Crippen LogP contribution is -2.34. The Morgan fingerprint density at radius 1 is 1.22 bits per heavy atom. The molecule has 8 nitrogen and oxygen atoms in total. The van der Waals surface area contributed by atoms with Crippen LogP contribution in [0.3, 0.4) is 0 Å². The Hall–Kier alpha value is -3.85. The lowest BCUT2D eigenvalue weighted by Gasteiger charge is -2.34. The smallest absolute Gasteiger partial charge is 0.312 e. The lowest BCUT2D eigenvalue weighted by molar-refractivity contribution is -0.151. The molecule has 2 aromatic heterocycles. The Morgan fingerprint density at radius 2 is 2.00 bits per heavy atom. The molecule has 0 spiro atoms. The monoisotopic (exact) mass is 559 g/mol. The highest BCUT2D eigenvalue weighted by Gasteiger charge is 2.41. The second-order valence-electron chi connectivity index (χ2n) is 11.6. The lowest BCUT2D eigenvalue weighted by atomic mass is 9.69. The van der Waals surface area contributed by atoms with Crippen LogP contribution in [0.25, 0.3) is 11.0 Å². The second kappa shape index (κ2) is 11.2. The number of rotatable bonds is 7. The molecule has 0 fully saturated rings. The summed E-state index contributed by atoms with van der Waals surface area (Å²) in [5.41, 5.74) is 6.56. The van der Waals surface area contributed by atoms with Gasteiger partial charge in [-0.05, 0) is 74.1 Å². The van der Waals surface area contributed by atoms with Gasteiger partial charge in [-0.3, -0.25) is 9.69 Å². The fourth-order valence-corrected chi connectivity index (χ4v) is 6.04. The Bertz CT molecular complexity index is 1600. The molecule has 2 aromatic carbocycles. The molecule has 2 atom stereocenters. The van der Waals surface area contributed by atoms with Crippen molar-refractivity contribution in [1.29, 1.82) is 0 Å². The number of carbonyl (C=O) groups is 1. The summed E-state index contributed by atoms with van der Waals surface area (Å²) in [4.78, 5) is 19.3. The highest BCUT2D eigenvalue weighted by Crippen LogP contribution is 2.44. The van der Waals surface area contributed by atoms with E-state index in [1.165, 1.54) is 13.3 Å². The minimum atomic E-state index is -0.876. The molecule has 216 valence electrons. The van der Waals surface area contributed by atoms with E-state index in [0.717, 1.165) is 45.3 Å². The number of methoxy groups -OCH3 is 1. The number of ether oxygens (including phenoxy) is 2. The topological polar surface area (TPSA) is 82.4 Å². The van der Waals surface area contributed by atoms with Crippen LogP contribution in [0.15, 0.2) is 42.6 Å². The van der Waals surface area contributed by atoms with Crippen LogP contribution in [0.4, 0.5) is 4.39 Å². The average molecular weight is 560 g/mol. The number of aryl methyl sites for hydroxylation is 3. The van der Waals surface area contributed by atoms with Crippen molar-refractivity contribution in [3.05, 3.63) is 81.9 Å². The third kappa shape index (κ3) is 5.30. The third-order valence-electron chi connectivity index (χ3n) is 8.48. The van der Waals surface area contributed by atoms with Gasteiger partial charge in [-0.15, -0.1) is 5.10 Å². The number of nitrogens with zero attached hydrogens (tertiary/aromatic N) is 5. The van der Waals surface area contributed by atoms with Gasteiger partial charge in [0, 0.05) is 38.8 Å². The molecule has 4 aromatic rings. The first-order chi connectivity index (χ1) is 19.5. The number of hydrogen-bond donors (Lipinski definition) is 0. The highest BCUT2D eigenvalue weighted by atomic mass is 19.1. The second-order valence-corrected chi connectivity index (χ2v) is 11.6. The van der Waals surface area contributed by atoms with Gasteiger partial charge in [0.25, 0.3) is 0 Å². The van der Waals surface area contributed by atoms with Crippen LogP contribution in [0.5, 0.6) is 5.75 Å². The van der Waals surface area contributed by atoms with Gasteiger partial charge in [0.05, 0.1) is 23.6 Å². The van der Waals surface area contributed by atoms with Gasteiger partial charge in [-0.25, -0.2) is 9.67 Å². The number of fused-ring (bicyclic) bond motifs is 2. The van der Waals surface area contributed by atoms with Gasteiger partial charge in [-0.1, -0.05) is 36.4 Å². The molecular formula is C32H38FN5O3. The Labute approximate surface area is 240 Å². The van der Waals surface area contributed by atoms with Crippen molar-refractivity contribution < 1.29 is 18.7 Å². The third-order valence-corrected chi connectivity index (χ3v) is 8.48. The average Bonchev–Trinajstić information content (AvgIpc) is 3.22. The summed E-state index contributed by atoms with van der Waals surface area (Å²) in [5, 5.41) is 8.61. The molecule has 0 amide bonds. The zero-order valence-corrected chi connectivity index (χ0v) is 24.9. The molecule has 0 aliphatic carbocycles. The van der Waals surface area contributed by atoms with Gasteiger partial charge < -0.3 is 9.47 Å². The number of hydrogen-bond acceptors (Lipinski definition) is 7. The Balaban J connectivity index is 1.58. The van der Waals surface area contributed by atoms with Gasteiger partial charge in [0.2, 0.25) is 5.95 Å². The summed E-state index contributed by atoms with van der Waals surface area (Å²) in [6.45, 7) is 11.7. The molecular weight excluding hydrogens is 521 g/mol. The zero-order valence-electron chi connectivity index (χ0n) is 24.9. The van der Waals surface area contributed by atoms with E-state index < -0.39 is 11.4 Å². The van der Waals surface area contributed by atoms with Crippen LogP contribution >= 0.6 is 0 Å². The number of carbonyl (C=O) groups excluding carboxylic acids is 1. The fraction of sp³-hybridized carbons (Fsp3) is 0.438. The van der Waals surface area contributed by atoms with E-state index in [4.69, 9.17) is 9.47 Å². The van der Waals surface area contributed by atoms with Crippen molar-refractivity contribution in [2.24, 2.45) is 12.5 Å². The normalized spacial score (nSPS) is 16.6. The SMILES string of the molecule is CCC1CN(Cc2cc(C(c3ccc4c(nnn4C)c3C)C(C)(C)C(=O)OC)ccc2C)Cc2c(ccnc2F)O1. The molecule has 0 N–H and O–H groups in total. The maximum absolute atomic E-state index is 14.8. The van der Waals surface area contributed by atoms with Crippen LogP contribution in [-0.4, -0.2) is 50.6 Å². The van der Waals surface area contributed by atoms with Crippen molar-refractivity contribution in [3.63, 3.8) is 0 Å². The van der Waals surface area contributed by atoms with Crippen LogP contribution in [0, 0.1) is 25.2 Å². The molecule has 1 aliphatic heterocycles. The van der Waals surface area contributed by atoms with Crippen molar-refractivity contribution in [2.45, 2.75) is 66.2 Å². The number of halogens is 1. The Kier molecular flexibility index (Phi) is 7.83. The van der Waals surface area contributed by atoms with E-state index in [-0.39, 0.29) is 18.0 Å². The minimum absolute atomic E-state index is 0.0612. The molecule has 41 heavy (non-hydrogen) atoms. The van der Waals surface area contributed by atoms with E-state index in [0.29, 0.717) is 30.9 Å². The largest absolute Gasteiger partial charge is 0.489 e. The fourth-order valence-electron chi connectivity index (χ4n) is 6.04. The maximum atomic E-state index is 14.8. The zero-order chi connectivity index (χ0) is 29.5. The summed E-state index contributed by atoms with van der Waals surface area (Å²) < 4.78 is 27.9. The van der Waals surface area contributed by atoms with Crippen LogP contribution in [0.2, 0.25) is 0 Å². The minimum Gasteiger partial charge on any atom is -0.489 e. The number of pyridine rings is 1. The first-order valence-corrected chi connectivity index (χ1v) is 14.0. The summed E-state index contributed by atoms with van der Waals surface area (Å²) in [5.74, 6) is -0.533. The van der Waals surface area contributed by atoms with Crippen molar-refractivity contribution >= 4 is 17.0 Å². The van der Waals surface area contributed by atoms with Gasteiger partial charge in [0.15, 0.2) is 0 Å². The van der Waals surface area contributed by atoms with E-state index in [9.17, 15) is 9.18 Å². The van der Waals surface area contributed by atoms with Crippen LogP contribution in [-0.2, 0) is 29.7 Å². The molecule has 1 aliphatic rings. The molecule has 9 heteroatoms.